The third kappa shape index (κ3) is 2.91. The van der Waals surface area contributed by atoms with Crippen LogP contribution in [-0.2, 0) is 4.79 Å². The van der Waals surface area contributed by atoms with Crippen LogP contribution in [0.15, 0.2) is 0 Å². The normalized spacial score (nSPS) is 51.4. The Morgan fingerprint density at radius 2 is 1.74 bits per heavy atom. The lowest BCUT2D eigenvalue weighted by Gasteiger charge is -2.61. The third-order valence-corrected chi connectivity index (χ3v) is 9.72. The van der Waals surface area contributed by atoms with Gasteiger partial charge in [-0.3, -0.25) is 4.79 Å². The van der Waals surface area contributed by atoms with Crippen LogP contribution in [0.2, 0.25) is 0 Å². The molecular weight excluding hydrogens is 332 g/mol. The average Bonchev–Trinajstić information content (AvgIpc) is 2.98. The highest BCUT2D eigenvalue weighted by Crippen LogP contribution is 2.68. The number of hydrogen-bond acceptors (Lipinski definition) is 2. The minimum atomic E-state index is -0.747. The minimum Gasteiger partial charge on any atom is -0.378 e. The molecule has 0 aromatic carbocycles. The van der Waals surface area contributed by atoms with Crippen molar-refractivity contribution in [3.8, 4) is 11.8 Å². The Balaban J connectivity index is 1.57. The van der Waals surface area contributed by atoms with Crippen molar-refractivity contribution >= 4 is 5.78 Å². The van der Waals surface area contributed by atoms with Gasteiger partial charge in [0.2, 0.25) is 0 Å². The highest BCUT2D eigenvalue weighted by atomic mass is 16.3. The SMILES string of the molecule is CCC#CC1(O)CC[C@@]2(C)C(CC[C@H]3[C@@H]4CC[C@H](C(C)=O)[C@@]4(C)CC[C@@H]32)C1. The smallest absolute Gasteiger partial charge is 0.133 e. The summed E-state index contributed by atoms with van der Waals surface area (Å²) in [6.07, 6.45) is 11.1. The predicted octanol–water partition coefficient (Wildman–Crippen LogP) is 5.38. The van der Waals surface area contributed by atoms with Gasteiger partial charge in [-0.1, -0.05) is 26.7 Å². The highest BCUT2D eigenvalue weighted by molar-refractivity contribution is 5.79. The number of carbonyl (C=O) groups excluding carboxylic acids is 1. The lowest BCUT2D eigenvalue weighted by molar-refractivity contribution is -0.144. The quantitative estimate of drug-likeness (QED) is 0.629. The molecule has 150 valence electrons. The molecular formula is C25H38O2. The fraction of sp³-hybridized carbons (Fsp3) is 0.880. The largest absolute Gasteiger partial charge is 0.378 e. The van der Waals surface area contributed by atoms with Gasteiger partial charge in [0.1, 0.15) is 11.4 Å². The Morgan fingerprint density at radius 1 is 1.00 bits per heavy atom. The van der Waals surface area contributed by atoms with Crippen LogP contribution in [0.3, 0.4) is 0 Å². The molecule has 4 fully saturated rings. The van der Waals surface area contributed by atoms with Crippen LogP contribution < -0.4 is 0 Å². The van der Waals surface area contributed by atoms with E-state index >= 15 is 0 Å². The summed E-state index contributed by atoms with van der Waals surface area (Å²) in [5, 5.41) is 11.0. The molecule has 4 aliphatic rings. The summed E-state index contributed by atoms with van der Waals surface area (Å²) in [6, 6.07) is 0. The molecule has 4 saturated carbocycles. The van der Waals surface area contributed by atoms with E-state index in [4.69, 9.17) is 0 Å². The summed E-state index contributed by atoms with van der Waals surface area (Å²) >= 11 is 0. The van der Waals surface area contributed by atoms with Crippen LogP contribution in [0.4, 0.5) is 0 Å². The molecule has 27 heavy (non-hydrogen) atoms. The van der Waals surface area contributed by atoms with E-state index in [1.54, 1.807) is 0 Å². The number of hydrogen-bond donors (Lipinski definition) is 1. The van der Waals surface area contributed by atoms with E-state index in [1.807, 2.05) is 6.92 Å². The van der Waals surface area contributed by atoms with Crippen LogP contribution in [0, 0.1) is 52.3 Å². The van der Waals surface area contributed by atoms with Crippen LogP contribution in [0.25, 0.3) is 0 Å². The predicted molar refractivity (Wildman–Crippen MR) is 109 cm³/mol. The van der Waals surface area contributed by atoms with Crippen LogP contribution in [-0.4, -0.2) is 16.5 Å². The van der Waals surface area contributed by atoms with Gasteiger partial charge in [-0.15, -0.1) is 5.92 Å². The molecule has 0 amide bonds. The van der Waals surface area contributed by atoms with Gasteiger partial charge in [-0.2, -0.15) is 0 Å². The summed E-state index contributed by atoms with van der Waals surface area (Å²) in [6.45, 7) is 8.84. The molecule has 1 N–H and O–H groups in total. The molecule has 2 nitrogen and oxygen atoms in total. The fourth-order valence-corrected chi connectivity index (χ4v) is 8.28. The minimum absolute atomic E-state index is 0.248. The van der Waals surface area contributed by atoms with Gasteiger partial charge in [-0.25, -0.2) is 0 Å². The van der Waals surface area contributed by atoms with Crippen molar-refractivity contribution in [2.45, 2.75) is 97.5 Å². The highest BCUT2D eigenvalue weighted by Gasteiger charge is 2.61. The summed E-state index contributed by atoms with van der Waals surface area (Å²) in [5.41, 5.74) is -0.139. The summed E-state index contributed by atoms with van der Waals surface area (Å²) in [4.78, 5) is 12.3. The van der Waals surface area contributed by atoms with Crippen molar-refractivity contribution in [2.24, 2.45) is 40.4 Å². The Bertz CT molecular complexity index is 672. The number of Topliss-reactive ketones (excluding diaryl/α,β-unsaturated/α-hetero) is 1. The van der Waals surface area contributed by atoms with Gasteiger partial charge in [0.25, 0.3) is 0 Å². The number of fused-ring (bicyclic) bond motifs is 5. The average molecular weight is 371 g/mol. The fourth-order valence-electron chi connectivity index (χ4n) is 8.28. The first kappa shape index (κ1) is 19.5. The maximum absolute atomic E-state index is 12.3. The van der Waals surface area contributed by atoms with Gasteiger partial charge < -0.3 is 5.11 Å². The second-order valence-electron chi connectivity index (χ2n) is 10.8. The zero-order chi connectivity index (χ0) is 19.4. The van der Waals surface area contributed by atoms with Crippen molar-refractivity contribution in [1.29, 1.82) is 0 Å². The first-order chi connectivity index (χ1) is 12.7. The lowest BCUT2D eigenvalue weighted by atomic mass is 9.44. The van der Waals surface area contributed by atoms with Crippen molar-refractivity contribution < 1.29 is 9.90 Å². The van der Waals surface area contributed by atoms with E-state index in [0.717, 1.165) is 49.9 Å². The van der Waals surface area contributed by atoms with Gasteiger partial charge in [0.15, 0.2) is 0 Å². The summed E-state index contributed by atoms with van der Waals surface area (Å²) < 4.78 is 0. The van der Waals surface area contributed by atoms with Gasteiger partial charge in [0, 0.05) is 12.3 Å². The van der Waals surface area contributed by atoms with E-state index in [1.165, 1.54) is 32.1 Å². The molecule has 0 bridgehead atoms. The van der Waals surface area contributed by atoms with Gasteiger partial charge in [-0.05, 0) is 99.2 Å². The first-order valence-electron chi connectivity index (χ1n) is 11.5. The molecule has 0 radical (unpaired) electrons. The Kier molecular flexibility index (Phi) is 4.78. The molecule has 2 heteroatoms. The number of carbonyl (C=O) groups is 1. The van der Waals surface area contributed by atoms with E-state index in [9.17, 15) is 9.90 Å². The molecule has 8 atom stereocenters. The monoisotopic (exact) mass is 370 g/mol. The van der Waals surface area contributed by atoms with Crippen LogP contribution in [0.5, 0.6) is 0 Å². The summed E-state index contributed by atoms with van der Waals surface area (Å²) in [7, 11) is 0. The first-order valence-corrected chi connectivity index (χ1v) is 11.5. The molecule has 0 aromatic rings. The van der Waals surface area contributed by atoms with Crippen molar-refractivity contribution in [1.82, 2.24) is 0 Å². The van der Waals surface area contributed by atoms with Crippen LogP contribution in [0.1, 0.15) is 91.9 Å². The second-order valence-corrected chi connectivity index (χ2v) is 10.8. The zero-order valence-electron chi connectivity index (χ0n) is 17.8. The third-order valence-electron chi connectivity index (χ3n) is 9.72. The number of ketones is 1. The van der Waals surface area contributed by atoms with E-state index in [2.05, 4.69) is 32.6 Å². The number of rotatable bonds is 1. The number of aliphatic hydroxyl groups is 1. The van der Waals surface area contributed by atoms with E-state index in [-0.39, 0.29) is 5.41 Å². The Hall–Kier alpha value is -0.810. The van der Waals surface area contributed by atoms with Crippen molar-refractivity contribution in [2.75, 3.05) is 0 Å². The van der Waals surface area contributed by atoms with Crippen molar-refractivity contribution in [3.05, 3.63) is 0 Å². The molecule has 4 aliphatic carbocycles. The Labute approximate surface area is 165 Å². The molecule has 0 saturated heterocycles. The van der Waals surface area contributed by atoms with E-state index in [0.29, 0.717) is 23.0 Å². The maximum atomic E-state index is 12.3. The molecule has 0 heterocycles. The lowest BCUT2D eigenvalue weighted by Crippen LogP contribution is -2.56. The maximum Gasteiger partial charge on any atom is 0.133 e. The van der Waals surface area contributed by atoms with Gasteiger partial charge in [0.05, 0.1) is 0 Å². The van der Waals surface area contributed by atoms with Gasteiger partial charge >= 0.3 is 0 Å². The molecule has 2 unspecified atom stereocenters. The summed E-state index contributed by atoms with van der Waals surface area (Å²) in [5.74, 6) is 9.99. The topological polar surface area (TPSA) is 37.3 Å². The molecule has 0 aromatic heterocycles. The van der Waals surface area contributed by atoms with Crippen molar-refractivity contribution in [3.63, 3.8) is 0 Å². The Morgan fingerprint density at radius 3 is 2.44 bits per heavy atom. The molecule has 0 spiro atoms. The molecule has 0 aliphatic heterocycles. The van der Waals surface area contributed by atoms with Crippen LogP contribution >= 0.6 is 0 Å². The zero-order valence-corrected chi connectivity index (χ0v) is 17.8. The molecule has 4 rings (SSSR count). The standard InChI is InChI=1S/C25H38O2/c1-5-6-12-25(27)15-14-23(3)18(16-25)7-8-19-21-10-9-20(17(2)26)24(21,4)13-11-22(19)23/h18-22,27H,5,7-11,13-16H2,1-4H3/t18?,19-,20+,21-,22-,23-,24+,25?/m0/s1. The second kappa shape index (κ2) is 6.62. The van der Waals surface area contributed by atoms with E-state index < -0.39 is 5.60 Å².